The van der Waals surface area contributed by atoms with Gasteiger partial charge in [-0.3, -0.25) is 4.79 Å². The molecule has 6 nitrogen and oxygen atoms in total. The largest absolute Gasteiger partial charge is 0.504 e. The van der Waals surface area contributed by atoms with Crippen LogP contribution in [0, 0.1) is 5.82 Å². The lowest BCUT2D eigenvalue weighted by atomic mass is 10.1. The maximum absolute atomic E-state index is 14.0. The van der Waals surface area contributed by atoms with Crippen LogP contribution in [0.4, 0.5) is 15.8 Å². The smallest absolute Gasteiger partial charge is 0.255 e. The molecule has 0 unspecified atom stereocenters. The topological polar surface area (TPSA) is 77.0 Å². The van der Waals surface area contributed by atoms with Gasteiger partial charge >= 0.3 is 0 Å². The number of hydrogen-bond acceptors (Lipinski definition) is 5. The second-order valence-corrected chi connectivity index (χ2v) is 7.25. The molecule has 1 saturated heterocycles. The van der Waals surface area contributed by atoms with Crippen LogP contribution in [0.1, 0.15) is 41.6 Å². The van der Waals surface area contributed by atoms with Crippen LogP contribution < -0.4 is 15.6 Å². The monoisotopic (exact) mass is 382 g/mol. The van der Waals surface area contributed by atoms with Gasteiger partial charge in [-0.1, -0.05) is 0 Å². The number of nitrogens with zero attached hydrogens (tertiary/aromatic N) is 2. The number of carbonyl (C=O) groups excluding carboxylic acids is 1. The van der Waals surface area contributed by atoms with Gasteiger partial charge in [-0.25, -0.2) is 4.39 Å². The average molecular weight is 382 g/mol. The number of hydrogen-bond donors (Lipinski definition) is 3. The normalized spacial score (nSPS) is 16.5. The van der Waals surface area contributed by atoms with Crippen molar-refractivity contribution in [3.63, 3.8) is 0 Å². The highest BCUT2D eigenvalue weighted by molar-refractivity contribution is 6.05. The van der Waals surface area contributed by atoms with Crippen molar-refractivity contribution >= 4 is 23.5 Å². The van der Waals surface area contributed by atoms with Crippen molar-refractivity contribution in [2.24, 2.45) is 5.10 Å². The first-order valence-corrected chi connectivity index (χ1v) is 9.57. The Labute approximate surface area is 163 Å². The molecule has 146 valence electrons. The Morgan fingerprint density at radius 3 is 2.57 bits per heavy atom. The molecule has 1 aliphatic heterocycles. The summed E-state index contributed by atoms with van der Waals surface area (Å²) in [7, 11) is 0. The predicted octanol–water partition coefficient (Wildman–Crippen LogP) is 3.47. The highest BCUT2D eigenvalue weighted by atomic mass is 19.1. The lowest BCUT2D eigenvalue weighted by molar-refractivity contribution is 0.102. The van der Waals surface area contributed by atoms with Crippen LogP contribution in [-0.4, -0.2) is 36.4 Å². The van der Waals surface area contributed by atoms with Gasteiger partial charge in [-0.15, -0.1) is 0 Å². The van der Waals surface area contributed by atoms with Crippen LogP contribution in [0.15, 0.2) is 41.5 Å². The second kappa shape index (κ2) is 7.88. The van der Waals surface area contributed by atoms with Gasteiger partial charge in [0.05, 0.1) is 6.21 Å². The molecule has 2 fully saturated rings. The summed E-state index contributed by atoms with van der Waals surface area (Å²) in [5, 5.41) is 16.6. The third-order valence-corrected chi connectivity index (χ3v) is 4.99. The van der Waals surface area contributed by atoms with Gasteiger partial charge in [0.15, 0.2) is 11.6 Å². The standard InChI is InChI=1S/C21H23FN4O2/c22-19-12-14(11-15(20(19)27)13-23-25-17-3-4-17)21(28)24-16-5-7-18(8-6-16)26-9-1-2-10-26/h5-8,11-13,17,25,27H,1-4,9-10H2,(H,24,28). The number of anilines is 2. The van der Waals surface area contributed by atoms with E-state index in [0.717, 1.165) is 37.7 Å². The molecule has 4 rings (SSSR count). The number of carbonyl (C=O) groups is 1. The van der Waals surface area contributed by atoms with Crippen molar-refractivity contribution < 1.29 is 14.3 Å². The molecule has 1 heterocycles. The molecular weight excluding hydrogens is 359 g/mol. The lowest BCUT2D eigenvalue weighted by Gasteiger charge is -2.17. The minimum atomic E-state index is -0.857. The summed E-state index contributed by atoms with van der Waals surface area (Å²) in [6, 6.07) is 10.4. The SMILES string of the molecule is O=C(Nc1ccc(N2CCCC2)cc1)c1cc(F)c(O)c(C=NNC2CC2)c1. The lowest BCUT2D eigenvalue weighted by Crippen LogP contribution is -2.17. The van der Waals surface area contributed by atoms with Crippen LogP contribution >= 0.6 is 0 Å². The molecule has 1 saturated carbocycles. The van der Waals surface area contributed by atoms with Crippen molar-refractivity contribution in [2.45, 2.75) is 31.7 Å². The van der Waals surface area contributed by atoms with Crippen LogP contribution in [0.25, 0.3) is 0 Å². The third-order valence-electron chi connectivity index (χ3n) is 4.99. The van der Waals surface area contributed by atoms with Gasteiger partial charge in [0.2, 0.25) is 0 Å². The summed E-state index contributed by atoms with van der Waals surface area (Å²) in [5.41, 5.74) is 4.94. The molecule has 0 aromatic heterocycles. The van der Waals surface area contributed by atoms with E-state index in [-0.39, 0.29) is 11.1 Å². The summed E-state index contributed by atoms with van der Waals surface area (Å²) >= 11 is 0. The maximum Gasteiger partial charge on any atom is 0.255 e. The van der Waals surface area contributed by atoms with E-state index < -0.39 is 17.5 Å². The van der Waals surface area contributed by atoms with E-state index in [9.17, 15) is 14.3 Å². The first-order valence-electron chi connectivity index (χ1n) is 9.57. The van der Waals surface area contributed by atoms with Crippen molar-refractivity contribution in [1.82, 2.24) is 5.43 Å². The van der Waals surface area contributed by atoms with Gasteiger partial charge in [0.1, 0.15) is 0 Å². The predicted molar refractivity (Wildman–Crippen MR) is 108 cm³/mol. The molecular formula is C21H23FN4O2. The zero-order chi connectivity index (χ0) is 19.5. The minimum absolute atomic E-state index is 0.117. The Morgan fingerprint density at radius 2 is 1.89 bits per heavy atom. The van der Waals surface area contributed by atoms with Crippen LogP contribution in [0.5, 0.6) is 5.75 Å². The molecule has 0 spiro atoms. The Hall–Kier alpha value is -3.09. The Bertz CT molecular complexity index is 888. The average Bonchev–Trinajstić information content (AvgIpc) is 3.35. The molecule has 0 bridgehead atoms. The zero-order valence-electron chi connectivity index (χ0n) is 15.5. The van der Waals surface area contributed by atoms with Crippen molar-refractivity contribution in [3.8, 4) is 5.75 Å². The fourth-order valence-corrected chi connectivity index (χ4v) is 3.21. The van der Waals surface area contributed by atoms with Gasteiger partial charge in [-0.2, -0.15) is 5.10 Å². The zero-order valence-corrected chi connectivity index (χ0v) is 15.5. The first-order chi connectivity index (χ1) is 13.6. The first kappa shape index (κ1) is 18.3. The number of rotatable bonds is 6. The molecule has 0 atom stereocenters. The maximum atomic E-state index is 14.0. The van der Waals surface area contributed by atoms with E-state index >= 15 is 0 Å². The van der Waals surface area contributed by atoms with Crippen LogP contribution in [0.2, 0.25) is 0 Å². The number of hydrazone groups is 1. The van der Waals surface area contributed by atoms with E-state index in [1.54, 1.807) is 0 Å². The number of benzene rings is 2. The van der Waals surface area contributed by atoms with Crippen molar-refractivity contribution in [3.05, 3.63) is 53.3 Å². The molecule has 0 radical (unpaired) electrons. The molecule has 2 aliphatic rings. The van der Waals surface area contributed by atoms with Gasteiger partial charge in [0, 0.05) is 41.6 Å². The van der Waals surface area contributed by atoms with E-state index in [1.165, 1.54) is 25.1 Å². The highest BCUT2D eigenvalue weighted by Crippen LogP contribution is 2.25. The number of phenols is 1. The molecule has 2 aromatic carbocycles. The number of amides is 1. The molecule has 2 aromatic rings. The van der Waals surface area contributed by atoms with Crippen LogP contribution in [-0.2, 0) is 0 Å². The highest BCUT2D eigenvalue weighted by Gasteiger charge is 2.20. The van der Waals surface area contributed by atoms with Crippen LogP contribution in [0.3, 0.4) is 0 Å². The van der Waals surface area contributed by atoms with E-state index in [0.29, 0.717) is 11.7 Å². The number of aromatic hydroxyl groups is 1. The molecule has 1 aliphatic carbocycles. The second-order valence-electron chi connectivity index (χ2n) is 7.25. The Morgan fingerprint density at radius 1 is 1.18 bits per heavy atom. The minimum Gasteiger partial charge on any atom is -0.504 e. The molecule has 1 amide bonds. The van der Waals surface area contributed by atoms with Gasteiger partial charge in [-0.05, 0) is 62.1 Å². The van der Waals surface area contributed by atoms with Gasteiger partial charge in [0.25, 0.3) is 5.91 Å². The van der Waals surface area contributed by atoms with E-state index in [4.69, 9.17) is 0 Å². The fourth-order valence-electron chi connectivity index (χ4n) is 3.21. The quantitative estimate of drug-likeness (QED) is 0.528. The summed E-state index contributed by atoms with van der Waals surface area (Å²) in [6.45, 7) is 2.11. The fraction of sp³-hybridized carbons (Fsp3) is 0.333. The number of halogens is 1. The van der Waals surface area contributed by atoms with E-state index in [1.807, 2.05) is 24.3 Å². The number of phenolic OH excluding ortho intramolecular Hbond substituents is 1. The molecule has 7 heteroatoms. The summed E-state index contributed by atoms with van der Waals surface area (Å²) in [5.74, 6) is -1.82. The molecule has 3 N–H and O–H groups in total. The summed E-state index contributed by atoms with van der Waals surface area (Å²) in [4.78, 5) is 14.8. The summed E-state index contributed by atoms with van der Waals surface area (Å²) < 4.78 is 14.0. The number of nitrogens with one attached hydrogen (secondary N) is 2. The Kier molecular flexibility index (Phi) is 5.14. The van der Waals surface area contributed by atoms with Gasteiger partial charge < -0.3 is 20.7 Å². The van der Waals surface area contributed by atoms with Crippen molar-refractivity contribution in [2.75, 3.05) is 23.3 Å². The summed E-state index contributed by atoms with van der Waals surface area (Å²) in [6.07, 6.45) is 5.84. The molecule has 28 heavy (non-hydrogen) atoms. The Balaban J connectivity index is 1.46. The van der Waals surface area contributed by atoms with E-state index in [2.05, 4.69) is 20.7 Å². The third kappa shape index (κ3) is 4.24. The van der Waals surface area contributed by atoms with Crippen molar-refractivity contribution in [1.29, 1.82) is 0 Å².